The van der Waals surface area contributed by atoms with Crippen LogP contribution in [0, 0.1) is 0 Å². The predicted octanol–water partition coefficient (Wildman–Crippen LogP) is 5.68. The molecule has 0 bridgehead atoms. The summed E-state index contributed by atoms with van der Waals surface area (Å²) < 4.78 is 2.23. The topological polar surface area (TPSA) is 17.8 Å². The van der Waals surface area contributed by atoms with E-state index in [0.717, 1.165) is 40.0 Å². The Labute approximate surface area is 147 Å². The number of thioether (sulfide) groups is 1. The second-order valence-corrected chi connectivity index (χ2v) is 6.31. The molecule has 1 heterocycles. The van der Waals surface area contributed by atoms with Gasteiger partial charge < -0.3 is 4.57 Å². The lowest BCUT2D eigenvalue weighted by atomic mass is 10.0. The molecule has 0 saturated carbocycles. The number of imidazole rings is 1. The van der Waals surface area contributed by atoms with Gasteiger partial charge in [0.05, 0.1) is 11.4 Å². The lowest BCUT2D eigenvalue weighted by molar-refractivity contribution is 0.732. The van der Waals surface area contributed by atoms with Gasteiger partial charge >= 0.3 is 0 Å². The van der Waals surface area contributed by atoms with E-state index in [2.05, 4.69) is 54.1 Å². The third-order valence-corrected chi connectivity index (χ3v) is 4.64. The SMILES string of the molecule is C=CCSc1nc(-c2ccccc2)c(-c2ccccc2)n1CC=C. The summed E-state index contributed by atoms with van der Waals surface area (Å²) >= 11 is 1.70. The molecule has 3 heteroatoms. The monoisotopic (exact) mass is 332 g/mol. The Morgan fingerprint density at radius 3 is 2.08 bits per heavy atom. The van der Waals surface area contributed by atoms with Gasteiger partial charge in [-0.15, -0.1) is 13.2 Å². The fourth-order valence-electron chi connectivity index (χ4n) is 2.66. The van der Waals surface area contributed by atoms with Crippen LogP contribution in [0.15, 0.2) is 91.1 Å². The van der Waals surface area contributed by atoms with Crippen LogP contribution in [0.5, 0.6) is 0 Å². The molecule has 24 heavy (non-hydrogen) atoms. The summed E-state index contributed by atoms with van der Waals surface area (Å²) in [6.45, 7) is 8.46. The predicted molar refractivity (Wildman–Crippen MR) is 104 cm³/mol. The van der Waals surface area contributed by atoms with Crippen molar-refractivity contribution in [1.29, 1.82) is 0 Å². The van der Waals surface area contributed by atoms with Gasteiger partial charge in [-0.2, -0.15) is 0 Å². The van der Waals surface area contributed by atoms with Crippen molar-refractivity contribution < 1.29 is 0 Å². The average molecular weight is 332 g/mol. The van der Waals surface area contributed by atoms with Gasteiger partial charge in [0.1, 0.15) is 0 Å². The van der Waals surface area contributed by atoms with Crippen molar-refractivity contribution in [2.75, 3.05) is 5.75 Å². The first-order valence-electron chi connectivity index (χ1n) is 7.91. The molecule has 0 N–H and O–H groups in total. The van der Waals surface area contributed by atoms with Gasteiger partial charge in [-0.3, -0.25) is 0 Å². The van der Waals surface area contributed by atoms with Gasteiger partial charge in [0.25, 0.3) is 0 Å². The standard InChI is InChI=1S/C21H20N2S/c1-3-15-23-20(18-13-9-6-10-14-18)19(17-11-7-5-8-12-17)22-21(23)24-16-4-2/h3-14H,1-2,15-16H2. The zero-order chi connectivity index (χ0) is 16.8. The molecule has 2 aromatic carbocycles. The maximum absolute atomic E-state index is 4.94. The summed E-state index contributed by atoms with van der Waals surface area (Å²) in [6, 6.07) is 20.8. The van der Waals surface area contributed by atoms with E-state index >= 15 is 0 Å². The highest BCUT2D eigenvalue weighted by molar-refractivity contribution is 7.99. The number of nitrogens with zero attached hydrogens (tertiary/aromatic N) is 2. The summed E-state index contributed by atoms with van der Waals surface area (Å²) in [5.41, 5.74) is 4.43. The third kappa shape index (κ3) is 3.36. The third-order valence-electron chi connectivity index (χ3n) is 3.67. The molecule has 0 saturated heterocycles. The van der Waals surface area contributed by atoms with Crippen LogP contribution in [0.4, 0.5) is 0 Å². The molecular formula is C21H20N2S. The van der Waals surface area contributed by atoms with E-state index in [1.54, 1.807) is 11.8 Å². The molecule has 0 unspecified atom stereocenters. The largest absolute Gasteiger partial charge is 0.315 e. The van der Waals surface area contributed by atoms with E-state index in [9.17, 15) is 0 Å². The number of allylic oxidation sites excluding steroid dienone is 1. The quantitative estimate of drug-likeness (QED) is 0.409. The van der Waals surface area contributed by atoms with Gasteiger partial charge in [-0.05, 0) is 0 Å². The summed E-state index contributed by atoms with van der Waals surface area (Å²) in [5, 5.41) is 0.993. The molecule has 0 aliphatic rings. The van der Waals surface area contributed by atoms with Crippen molar-refractivity contribution in [2.24, 2.45) is 0 Å². The Kier molecular flexibility index (Phi) is 5.34. The van der Waals surface area contributed by atoms with Crippen LogP contribution in [0.1, 0.15) is 0 Å². The van der Waals surface area contributed by atoms with Crippen LogP contribution in [0.2, 0.25) is 0 Å². The van der Waals surface area contributed by atoms with Gasteiger partial charge in [0.15, 0.2) is 5.16 Å². The zero-order valence-corrected chi connectivity index (χ0v) is 14.4. The van der Waals surface area contributed by atoms with Gasteiger partial charge in [0, 0.05) is 23.4 Å². The first-order chi connectivity index (χ1) is 11.8. The van der Waals surface area contributed by atoms with E-state index in [-0.39, 0.29) is 0 Å². The van der Waals surface area contributed by atoms with E-state index < -0.39 is 0 Å². The molecular weight excluding hydrogens is 312 g/mol. The summed E-state index contributed by atoms with van der Waals surface area (Å²) in [7, 11) is 0. The second-order valence-electron chi connectivity index (χ2n) is 5.32. The molecule has 3 aromatic rings. The lowest BCUT2D eigenvalue weighted by Gasteiger charge is -2.10. The molecule has 0 spiro atoms. The molecule has 1 aromatic heterocycles. The van der Waals surface area contributed by atoms with Crippen LogP contribution >= 0.6 is 11.8 Å². The van der Waals surface area contributed by atoms with Crippen LogP contribution in [0.3, 0.4) is 0 Å². The summed E-state index contributed by atoms with van der Waals surface area (Å²) in [4.78, 5) is 4.94. The van der Waals surface area contributed by atoms with Crippen LogP contribution in [0.25, 0.3) is 22.5 Å². The molecule has 2 nitrogen and oxygen atoms in total. The number of hydrogen-bond donors (Lipinski definition) is 0. The molecule has 0 fully saturated rings. The minimum atomic E-state index is 0.726. The maximum atomic E-state index is 4.94. The second kappa shape index (κ2) is 7.84. The van der Waals surface area contributed by atoms with Gasteiger partial charge in [0.2, 0.25) is 0 Å². The highest BCUT2D eigenvalue weighted by Gasteiger charge is 2.19. The number of hydrogen-bond acceptors (Lipinski definition) is 2. The van der Waals surface area contributed by atoms with Crippen molar-refractivity contribution in [2.45, 2.75) is 11.7 Å². The molecule has 0 aliphatic carbocycles. The van der Waals surface area contributed by atoms with E-state index in [1.165, 1.54) is 0 Å². The van der Waals surface area contributed by atoms with Gasteiger partial charge in [-0.25, -0.2) is 4.98 Å². The summed E-state index contributed by atoms with van der Waals surface area (Å²) in [5.74, 6) is 0.830. The number of rotatable bonds is 7. The molecule has 3 rings (SSSR count). The van der Waals surface area contributed by atoms with Crippen molar-refractivity contribution in [3.05, 3.63) is 86.0 Å². The number of benzene rings is 2. The smallest absolute Gasteiger partial charge is 0.169 e. The minimum absolute atomic E-state index is 0.726. The summed E-state index contributed by atoms with van der Waals surface area (Å²) in [6.07, 6.45) is 3.82. The van der Waals surface area contributed by atoms with E-state index in [0.29, 0.717) is 0 Å². The van der Waals surface area contributed by atoms with Crippen molar-refractivity contribution in [1.82, 2.24) is 9.55 Å². The highest BCUT2D eigenvalue weighted by Crippen LogP contribution is 2.35. The van der Waals surface area contributed by atoms with Gasteiger partial charge in [-0.1, -0.05) is 84.6 Å². The maximum Gasteiger partial charge on any atom is 0.169 e. The zero-order valence-electron chi connectivity index (χ0n) is 13.6. The van der Waals surface area contributed by atoms with Crippen molar-refractivity contribution >= 4 is 11.8 Å². The minimum Gasteiger partial charge on any atom is -0.315 e. The van der Waals surface area contributed by atoms with Crippen molar-refractivity contribution in [3.8, 4) is 22.5 Å². The van der Waals surface area contributed by atoms with E-state index in [4.69, 9.17) is 4.98 Å². The van der Waals surface area contributed by atoms with Crippen LogP contribution in [-0.4, -0.2) is 15.3 Å². The van der Waals surface area contributed by atoms with Crippen LogP contribution in [-0.2, 0) is 6.54 Å². The Bertz CT molecular complexity index is 820. The molecule has 0 radical (unpaired) electrons. The van der Waals surface area contributed by atoms with E-state index in [1.807, 2.05) is 36.4 Å². The van der Waals surface area contributed by atoms with Crippen LogP contribution < -0.4 is 0 Å². The molecule has 0 atom stereocenters. The first-order valence-corrected chi connectivity index (χ1v) is 8.89. The average Bonchev–Trinajstić information content (AvgIpc) is 3.00. The highest BCUT2D eigenvalue weighted by atomic mass is 32.2. The molecule has 0 amide bonds. The fraction of sp³-hybridized carbons (Fsp3) is 0.0952. The first kappa shape index (κ1) is 16.3. The normalized spacial score (nSPS) is 10.5. The lowest BCUT2D eigenvalue weighted by Crippen LogP contribution is -2.00. The Morgan fingerprint density at radius 2 is 1.50 bits per heavy atom. The fourth-order valence-corrected chi connectivity index (χ4v) is 3.40. The Balaban J connectivity index is 2.23. The molecule has 120 valence electrons. The number of aromatic nitrogens is 2. The van der Waals surface area contributed by atoms with Crippen molar-refractivity contribution in [3.63, 3.8) is 0 Å². The Morgan fingerprint density at radius 1 is 0.875 bits per heavy atom. The molecule has 0 aliphatic heterocycles. The Hall–Kier alpha value is -2.52.